The van der Waals surface area contributed by atoms with Gasteiger partial charge in [0, 0.05) is 13.1 Å². The van der Waals surface area contributed by atoms with Crippen molar-refractivity contribution < 1.29 is 27.6 Å². The molecule has 4 atom stereocenters. The van der Waals surface area contributed by atoms with E-state index in [9.17, 15) is 14.7 Å². The number of amides is 1. The first-order chi connectivity index (χ1) is 16.2. The van der Waals surface area contributed by atoms with Crippen molar-refractivity contribution >= 4 is 28.8 Å². The van der Waals surface area contributed by atoms with Gasteiger partial charge in [-0.1, -0.05) is 55.4 Å². The van der Waals surface area contributed by atoms with Gasteiger partial charge in [-0.3, -0.25) is 9.36 Å². The Bertz CT molecular complexity index is 953. The van der Waals surface area contributed by atoms with Crippen LogP contribution in [0.5, 0.6) is 0 Å². The van der Waals surface area contributed by atoms with E-state index in [0.717, 1.165) is 0 Å². The fourth-order valence-electron chi connectivity index (χ4n) is 5.22. The maximum absolute atomic E-state index is 12.7. The summed E-state index contributed by atoms with van der Waals surface area (Å²) in [4.78, 5) is 28.0. The molecule has 3 heterocycles. The second-order valence-corrected chi connectivity index (χ2v) is 19.6. The Hall–Kier alpha value is -1.42. The third-order valence-electron chi connectivity index (χ3n) is 7.05. The zero-order valence-corrected chi connectivity index (χ0v) is 24.3. The fraction of sp³-hybridized carbons (Fsp3) is 0.783. The molecule has 1 unspecified atom stereocenters. The molecule has 0 spiro atoms. The zero-order chi connectivity index (χ0) is 26.3. The standard InChI is InChI=1S/C23H41N3O7Si2/c1-13(2)34(14(3)4)30-12-18-21(32-35(33-34,15(5)6)16(7)8)20(28)22(31-18)26-11-10-19(24-17(9)27)25-23(26)29/h10-11,13-16,18,20-22,28H,12H2,1-9H3,(H,24,25,27,29)/t18?,20-,21-,22-/m1/s1. The van der Waals surface area contributed by atoms with E-state index in [-0.39, 0.29) is 40.5 Å². The van der Waals surface area contributed by atoms with E-state index in [2.05, 4.69) is 65.7 Å². The van der Waals surface area contributed by atoms with E-state index in [1.165, 1.54) is 23.8 Å². The number of fused-ring (bicyclic) bond motifs is 1. The van der Waals surface area contributed by atoms with Crippen molar-refractivity contribution in [1.29, 1.82) is 0 Å². The van der Waals surface area contributed by atoms with Crippen molar-refractivity contribution in [3.05, 3.63) is 22.7 Å². The van der Waals surface area contributed by atoms with Crippen LogP contribution in [0.15, 0.2) is 17.1 Å². The lowest BCUT2D eigenvalue weighted by molar-refractivity contribution is -0.114. The number of hydrogen-bond donors (Lipinski definition) is 2. The second-order valence-electron chi connectivity index (χ2n) is 10.8. The van der Waals surface area contributed by atoms with Gasteiger partial charge in [0.1, 0.15) is 24.1 Å². The Morgan fingerprint density at radius 2 is 1.66 bits per heavy atom. The lowest BCUT2D eigenvalue weighted by Crippen LogP contribution is -2.65. The minimum absolute atomic E-state index is 0.0989. The molecule has 1 aromatic rings. The number of nitrogens with one attached hydrogen (secondary N) is 1. The number of aromatic nitrogens is 2. The van der Waals surface area contributed by atoms with Gasteiger partial charge < -0.3 is 28.1 Å². The molecule has 198 valence electrons. The Kier molecular flexibility index (Phi) is 8.46. The molecule has 12 heteroatoms. The van der Waals surface area contributed by atoms with E-state index < -0.39 is 47.4 Å². The van der Waals surface area contributed by atoms with Crippen molar-refractivity contribution in [2.24, 2.45) is 0 Å². The van der Waals surface area contributed by atoms with Crippen LogP contribution in [-0.2, 0) is 22.5 Å². The Labute approximate surface area is 209 Å². The number of nitrogens with zero attached hydrogens (tertiary/aromatic N) is 2. The lowest BCUT2D eigenvalue weighted by Gasteiger charge is -2.51. The van der Waals surface area contributed by atoms with E-state index in [1.54, 1.807) is 0 Å². The molecule has 10 nitrogen and oxygen atoms in total. The van der Waals surface area contributed by atoms with Crippen LogP contribution >= 0.6 is 0 Å². The van der Waals surface area contributed by atoms with Crippen molar-refractivity contribution in [2.75, 3.05) is 11.9 Å². The van der Waals surface area contributed by atoms with E-state index in [1.807, 2.05) is 0 Å². The molecule has 1 aromatic heterocycles. The average molecular weight is 528 g/mol. The van der Waals surface area contributed by atoms with Crippen LogP contribution in [0.2, 0.25) is 22.2 Å². The minimum Gasteiger partial charge on any atom is -0.414 e. The molecule has 3 rings (SSSR count). The molecule has 1 amide bonds. The highest BCUT2D eigenvalue weighted by atomic mass is 28.5. The summed E-state index contributed by atoms with van der Waals surface area (Å²) in [5.74, 6) is -0.191. The number of carbonyl (C=O) groups excluding carboxylic acids is 1. The second kappa shape index (κ2) is 10.5. The third-order valence-corrected chi connectivity index (χ3v) is 17.3. The fourth-order valence-corrected chi connectivity index (χ4v) is 16.4. The van der Waals surface area contributed by atoms with Crippen LogP contribution in [0.4, 0.5) is 5.82 Å². The smallest absolute Gasteiger partial charge is 0.351 e. The van der Waals surface area contributed by atoms with Gasteiger partial charge in [0.15, 0.2) is 6.23 Å². The molecular formula is C23H41N3O7Si2. The van der Waals surface area contributed by atoms with Crippen LogP contribution in [0.25, 0.3) is 0 Å². The normalized spacial score (nSPS) is 28.3. The Morgan fingerprint density at radius 3 is 2.14 bits per heavy atom. The molecule has 0 bridgehead atoms. The molecule has 2 fully saturated rings. The summed E-state index contributed by atoms with van der Waals surface area (Å²) in [7, 11) is -5.68. The van der Waals surface area contributed by atoms with Gasteiger partial charge in [-0.25, -0.2) is 4.79 Å². The van der Waals surface area contributed by atoms with Gasteiger partial charge >= 0.3 is 22.8 Å². The quantitative estimate of drug-likeness (QED) is 0.540. The predicted octanol–water partition coefficient (Wildman–Crippen LogP) is 3.42. The summed E-state index contributed by atoms with van der Waals surface area (Å²) in [5.41, 5.74) is -0.0794. The van der Waals surface area contributed by atoms with Crippen LogP contribution in [0.1, 0.15) is 68.5 Å². The molecule has 2 saturated heterocycles. The molecule has 35 heavy (non-hydrogen) atoms. The van der Waals surface area contributed by atoms with Gasteiger partial charge in [0.05, 0.1) is 6.61 Å². The number of aliphatic hydroxyl groups excluding tert-OH is 1. The summed E-state index contributed by atoms with van der Waals surface area (Å²) in [5, 5.41) is 13.8. The first-order valence-electron chi connectivity index (χ1n) is 12.5. The molecule has 0 saturated carbocycles. The summed E-state index contributed by atoms with van der Waals surface area (Å²) in [6, 6.07) is 1.50. The maximum Gasteiger partial charge on any atom is 0.351 e. The highest BCUT2D eigenvalue weighted by molar-refractivity contribution is 6.83. The Balaban J connectivity index is 2.03. The van der Waals surface area contributed by atoms with E-state index in [4.69, 9.17) is 17.7 Å². The molecule has 2 aliphatic rings. The third kappa shape index (κ3) is 5.20. The van der Waals surface area contributed by atoms with Crippen LogP contribution in [0, 0.1) is 0 Å². The van der Waals surface area contributed by atoms with Crippen molar-refractivity contribution in [3.63, 3.8) is 0 Å². The van der Waals surface area contributed by atoms with Gasteiger partial charge in [0.25, 0.3) is 0 Å². The minimum atomic E-state index is -2.93. The number of carbonyl (C=O) groups is 1. The van der Waals surface area contributed by atoms with Gasteiger partial charge in [0.2, 0.25) is 5.91 Å². The molecule has 2 N–H and O–H groups in total. The van der Waals surface area contributed by atoms with E-state index in [0.29, 0.717) is 0 Å². The number of ether oxygens (including phenoxy) is 1. The molecule has 2 aliphatic heterocycles. The molecular weight excluding hydrogens is 486 g/mol. The van der Waals surface area contributed by atoms with Crippen molar-refractivity contribution in [2.45, 2.75) is 109 Å². The topological polar surface area (TPSA) is 121 Å². The highest BCUT2D eigenvalue weighted by Crippen LogP contribution is 2.48. The first kappa shape index (κ1) is 28.2. The SMILES string of the molecule is CC(=O)Nc1ccn([C@@H]2OC3CO[Si](C(C)C)(C(C)C)O[Si](C(C)C)(C(C)C)O[C@H]3[C@H]2O)c(=O)n1. The lowest BCUT2D eigenvalue weighted by atomic mass is 10.1. The molecule has 0 aliphatic carbocycles. The number of aliphatic hydroxyl groups is 1. The molecule has 0 aromatic carbocycles. The van der Waals surface area contributed by atoms with E-state index >= 15 is 0 Å². The van der Waals surface area contributed by atoms with Crippen molar-refractivity contribution in [3.8, 4) is 0 Å². The zero-order valence-electron chi connectivity index (χ0n) is 22.3. The van der Waals surface area contributed by atoms with Crippen LogP contribution in [0.3, 0.4) is 0 Å². The number of rotatable bonds is 6. The summed E-state index contributed by atoms with van der Waals surface area (Å²) in [6.45, 7) is 18.5. The summed E-state index contributed by atoms with van der Waals surface area (Å²) >= 11 is 0. The van der Waals surface area contributed by atoms with Gasteiger partial charge in [-0.2, -0.15) is 4.98 Å². The van der Waals surface area contributed by atoms with Crippen LogP contribution in [-0.4, -0.2) is 62.6 Å². The Morgan fingerprint density at radius 1 is 1.09 bits per heavy atom. The monoisotopic (exact) mass is 527 g/mol. The number of anilines is 1. The summed E-state index contributed by atoms with van der Waals surface area (Å²) in [6.07, 6.45) is -1.96. The number of hydrogen-bond acceptors (Lipinski definition) is 8. The van der Waals surface area contributed by atoms with Gasteiger partial charge in [-0.15, -0.1) is 0 Å². The largest absolute Gasteiger partial charge is 0.414 e. The van der Waals surface area contributed by atoms with Gasteiger partial charge in [-0.05, 0) is 28.2 Å². The average Bonchev–Trinajstić information content (AvgIpc) is 3.01. The van der Waals surface area contributed by atoms with Crippen molar-refractivity contribution in [1.82, 2.24) is 9.55 Å². The molecule has 0 radical (unpaired) electrons. The summed E-state index contributed by atoms with van der Waals surface area (Å²) < 4.78 is 28.1. The highest BCUT2D eigenvalue weighted by Gasteiger charge is 2.61. The maximum atomic E-state index is 12.7. The predicted molar refractivity (Wildman–Crippen MR) is 137 cm³/mol. The van der Waals surface area contributed by atoms with Crippen LogP contribution < -0.4 is 11.0 Å². The first-order valence-corrected chi connectivity index (χ1v) is 16.4.